The fraction of sp³-hybridized carbons (Fsp3) is 0.857. The van der Waals surface area contributed by atoms with Crippen molar-refractivity contribution in [2.75, 3.05) is 13.2 Å². The van der Waals surface area contributed by atoms with Crippen LogP contribution in [0.1, 0.15) is 96.8 Å². The molecule has 9 nitrogen and oxygen atoms in total. The van der Waals surface area contributed by atoms with E-state index in [1.54, 1.807) is 0 Å². The number of rotatable bonds is 17. The molecule has 0 bridgehead atoms. The monoisotopic (exact) mass is 472 g/mol. The standard InChI is InChI=1S/C18H34O2.C3H8O3.H2O4S/c1-2-3-4-5-6-7-8-9-10-11-12-13-14-15-16-17-18(19)20;4-1-3(6)2-5;1-5(2,3)4/h9-10H,2-8,11-17H2,1H3,(H,19,20);3-6H,1-2H2;(H2,1,2,3,4). The highest BCUT2D eigenvalue weighted by Gasteiger charge is 1.96. The molecule has 0 amide bonds. The number of carboxylic acid groups (broad SMARTS) is 1. The van der Waals surface area contributed by atoms with E-state index in [0.717, 1.165) is 12.8 Å². The number of aliphatic hydroxyl groups is 3. The van der Waals surface area contributed by atoms with Crippen molar-refractivity contribution in [1.82, 2.24) is 0 Å². The van der Waals surface area contributed by atoms with Crippen LogP contribution in [0.3, 0.4) is 0 Å². The molecule has 0 aromatic rings. The van der Waals surface area contributed by atoms with Crippen molar-refractivity contribution >= 4 is 16.4 Å². The SMILES string of the molecule is CCCCCCCCC=CCCCCCCCC(=O)O.O=S(=O)(O)O.OCC(O)CO. The van der Waals surface area contributed by atoms with Crippen molar-refractivity contribution < 1.29 is 42.7 Å². The van der Waals surface area contributed by atoms with E-state index in [1.165, 1.54) is 70.6 Å². The molecular formula is C21H44O9S. The second-order valence-electron chi connectivity index (χ2n) is 7.19. The van der Waals surface area contributed by atoms with E-state index in [2.05, 4.69) is 19.1 Å². The Bertz CT molecular complexity index is 481. The number of hydrogen-bond donors (Lipinski definition) is 6. The first kappa shape index (κ1) is 34.6. The highest BCUT2D eigenvalue weighted by atomic mass is 32.3. The maximum Gasteiger partial charge on any atom is 0.394 e. The summed E-state index contributed by atoms with van der Waals surface area (Å²) in [5, 5.41) is 32.5. The Morgan fingerprint density at radius 2 is 1.13 bits per heavy atom. The van der Waals surface area contributed by atoms with Crippen LogP contribution in [-0.4, -0.2) is 63.2 Å². The summed E-state index contributed by atoms with van der Waals surface area (Å²) in [4.78, 5) is 10.3. The normalized spacial score (nSPS) is 11.1. The summed E-state index contributed by atoms with van der Waals surface area (Å²) >= 11 is 0. The van der Waals surface area contributed by atoms with Crippen LogP contribution in [0.2, 0.25) is 0 Å². The molecule has 0 aliphatic rings. The van der Waals surface area contributed by atoms with E-state index < -0.39 is 22.5 Å². The van der Waals surface area contributed by atoms with Gasteiger partial charge in [-0.05, 0) is 32.1 Å². The lowest BCUT2D eigenvalue weighted by molar-refractivity contribution is -0.137. The molecule has 6 N–H and O–H groups in total. The van der Waals surface area contributed by atoms with Gasteiger partial charge in [-0.15, -0.1) is 0 Å². The molecule has 0 saturated carbocycles. The van der Waals surface area contributed by atoms with E-state index in [0.29, 0.717) is 6.42 Å². The van der Waals surface area contributed by atoms with E-state index in [4.69, 9.17) is 37.9 Å². The number of aliphatic hydroxyl groups excluding tert-OH is 3. The molecule has 0 fully saturated rings. The third-order valence-electron chi connectivity index (χ3n) is 4.07. The lowest BCUT2D eigenvalue weighted by Gasteiger charge is -1.99. The van der Waals surface area contributed by atoms with E-state index >= 15 is 0 Å². The van der Waals surface area contributed by atoms with Gasteiger partial charge < -0.3 is 20.4 Å². The second kappa shape index (κ2) is 27.0. The van der Waals surface area contributed by atoms with Crippen molar-refractivity contribution in [1.29, 1.82) is 0 Å². The van der Waals surface area contributed by atoms with Gasteiger partial charge in [0.05, 0.1) is 13.2 Å². The minimum atomic E-state index is -4.67. The molecule has 0 heterocycles. The summed E-state index contributed by atoms with van der Waals surface area (Å²) in [6, 6.07) is 0. The highest BCUT2D eigenvalue weighted by molar-refractivity contribution is 7.79. The highest BCUT2D eigenvalue weighted by Crippen LogP contribution is 2.09. The largest absolute Gasteiger partial charge is 0.481 e. The zero-order chi connectivity index (χ0) is 24.4. The topological polar surface area (TPSA) is 173 Å². The van der Waals surface area contributed by atoms with Crippen LogP contribution in [0.4, 0.5) is 0 Å². The number of carbonyl (C=O) groups is 1. The van der Waals surface area contributed by atoms with Gasteiger partial charge in [0.1, 0.15) is 6.10 Å². The second-order valence-corrected chi connectivity index (χ2v) is 8.09. The molecule has 0 aromatic heterocycles. The summed E-state index contributed by atoms with van der Waals surface area (Å²) in [7, 11) is -4.67. The minimum absolute atomic E-state index is 0.332. The zero-order valence-corrected chi connectivity index (χ0v) is 19.7. The van der Waals surface area contributed by atoms with Crippen molar-refractivity contribution in [3.8, 4) is 0 Å². The third-order valence-corrected chi connectivity index (χ3v) is 4.07. The smallest absolute Gasteiger partial charge is 0.394 e. The predicted octanol–water partition coefficient (Wildman–Crippen LogP) is 3.79. The Morgan fingerprint density at radius 1 is 0.774 bits per heavy atom. The van der Waals surface area contributed by atoms with Gasteiger partial charge in [-0.2, -0.15) is 8.42 Å². The van der Waals surface area contributed by atoms with E-state index in [1.807, 2.05) is 0 Å². The molecule has 0 spiro atoms. The van der Waals surface area contributed by atoms with Crippen LogP contribution in [0.25, 0.3) is 0 Å². The van der Waals surface area contributed by atoms with Crippen LogP contribution in [0.15, 0.2) is 12.2 Å². The van der Waals surface area contributed by atoms with E-state index in [9.17, 15) is 4.79 Å². The first-order chi connectivity index (χ1) is 14.6. The molecule has 0 unspecified atom stereocenters. The maximum absolute atomic E-state index is 10.3. The lowest BCUT2D eigenvalue weighted by atomic mass is 10.1. The summed E-state index contributed by atoms with van der Waals surface area (Å²) < 4.78 is 31.6. The Kier molecular flexibility index (Phi) is 30.1. The third kappa shape index (κ3) is 52.8. The van der Waals surface area contributed by atoms with Crippen LogP contribution < -0.4 is 0 Å². The number of unbranched alkanes of at least 4 members (excludes halogenated alkanes) is 11. The van der Waals surface area contributed by atoms with Gasteiger partial charge in [0.2, 0.25) is 0 Å². The fourth-order valence-corrected chi connectivity index (χ4v) is 2.40. The summed E-state index contributed by atoms with van der Waals surface area (Å²) in [6.07, 6.45) is 20.3. The minimum Gasteiger partial charge on any atom is -0.481 e. The van der Waals surface area contributed by atoms with Crippen molar-refractivity contribution in [2.24, 2.45) is 0 Å². The molecule has 0 radical (unpaired) electrons. The Labute approximate surface area is 187 Å². The quantitative estimate of drug-likeness (QED) is 0.105. The molecule has 0 aliphatic carbocycles. The first-order valence-electron chi connectivity index (χ1n) is 11.0. The van der Waals surface area contributed by atoms with Gasteiger partial charge in [-0.1, -0.05) is 70.4 Å². The molecule has 0 saturated heterocycles. The molecular weight excluding hydrogens is 428 g/mol. The number of allylic oxidation sites excluding steroid dienone is 2. The molecule has 0 aromatic carbocycles. The van der Waals surface area contributed by atoms with E-state index in [-0.39, 0.29) is 13.2 Å². The Hall–Kier alpha value is -1.04. The van der Waals surface area contributed by atoms with Crippen LogP contribution in [-0.2, 0) is 15.2 Å². The maximum atomic E-state index is 10.3. The van der Waals surface area contributed by atoms with Gasteiger partial charge in [-0.3, -0.25) is 13.9 Å². The molecule has 0 atom stereocenters. The lowest BCUT2D eigenvalue weighted by Crippen LogP contribution is -2.15. The number of carboxylic acids is 1. The van der Waals surface area contributed by atoms with Crippen LogP contribution in [0.5, 0.6) is 0 Å². The predicted molar refractivity (Wildman–Crippen MR) is 121 cm³/mol. The van der Waals surface area contributed by atoms with Gasteiger partial charge in [-0.25, -0.2) is 0 Å². The van der Waals surface area contributed by atoms with Crippen LogP contribution in [0, 0.1) is 0 Å². The van der Waals surface area contributed by atoms with Crippen molar-refractivity contribution in [2.45, 2.75) is 103 Å². The molecule has 31 heavy (non-hydrogen) atoms. The zero-order valence-electron chi connectivity index (χ0n) is 18.9. The van der Waals surface area contributed by atoms with Gasteiger partial charge in [0, 0.05) is 6.42 Å². The van der Waals surface area contributed by atoms with Gasteiger partial charge in [0.15, 0.2) is 0 Å². The van der Waals surface area contributed by atoms with Gasteiger partial charge >= 0.3 is 16.4 Å². The van der Waals surface area contributed by atoms with Gasteiger partial charge in [0.25, 0.3) is 0 Å². The number of hydrogen-bond acceptors (Lipinski definition) is 6. The first-order valence-corrected chi connectivity index (χ1v) is 12.4. The summed E-state index contributed by atoms with van der Waals surface area (Å²) in [5.41, 5.74) is 0. The van der Waals surface area contributed by atoms with Crippen molar-refractivity contribution in [3.05, 3.63) is 12.2 Å². The molecule has 10 heteroatoms. The molecule has 188 valence electrons. The fourth-order valence-electron chi connectivity index (χ4n) is 2.40. The van der Waals surface area contributed by atoms with Crippen molar-refractivity contribution in [3.63, 3.8) is 0 Å². The Balaban J connectivity index is -0.000000583. The molecule has 0 aliphatic heterocycles. The Morgan fingerprint density at radius 3 is 1.45 bits per heavy atom. The summed E-state index contributed by atoms with van der Waals surface area (Å²) in [5.74, 6) is -0.664. The average molecular weight is 473 g/mol. The summed E-state index contributed by atoms with van der Waals surface area (Å²) in [6.45, 7) is 1.53. The number of aliphatic carboxylic acids is 1. The average Bonchev–Trinajstić information content (AvgIpc) is 2.69. The van der Waals surface area contributed by atoms with Crippen LogP contribution >= 0.6 is 0 Å². The molecule has 0 rings (SSSR count).